The van der Waals surface area contributed by atoms with Crippen molar-refractivity contribution in [1.29, 1.82) is 0 Å². The Morgan fingerprint density at radius 3 is 2.97 bits per heavy atom. The van der Waals surface area contributed by atoms with E-state index in [4.69, 9.17) is 16.0 Å². The van der Waals surface area contributed by atoms with Gasteiger partial charge in [-0.2, -0.15) is 0 Å². The summed E-state index contributed by atoms with van der Waals surface area (Å²) in [5.74, 6) is 1.31. The van der Waals surface area contributed by atoms with Crippen LogP contribution in [-0.2, 0) is 6.42 Å². The Kier molecular flexibility index (Phi) is 5.76. The number of hydrogen-bond acceptors (Lipinski definition) is 6. The lowest BCUT2D eigenvalue weighted by molar-refractivity contribution is 0.0718. The molecule has 8 heteroatoms. The Balaban J connectivity index is 1.36. The molecule has 6 nitrogen and oxygen atoms in total. The Bertz CT molecular complexity index is 1250. The molecule has 1 saturated heterocycles. The zero-order valence-corrected chi connectivity index (χ0v) is 19.1. The number of thiazole rings is 1. The van der Waals surface area contributed by atoms with Gasteiger partial charge in [0.05, 0.1) is 17.6 Å². The van der Waals surface area contributed by atoms with Crippen LogP contribution in [0.1, 0.15) is 51.5 Å². The normalized spacial score (nSPS) is 15.9. The number of nitrogens with zero attached hydrogens (tertiary/aromatic N) is 4. The van der Waals surface area contributed by atoms with Crippen LogP contribution in [-0.4, -0.2) is 32.3 Å². The van der Waals surface area contributed by atoms with Crippen molar-refractivity contribution < 1.29 is 9.21 Å². The van der Waals surface area contributed by atoms with E-state index in [1.165, 1.54) is 11.3 Å². The second kappa shape index (κ2) is 8.84. The van der Waals surface area contributed by atoms with Crippen molar-refractivity contribution in [3.63, 3.8) is 0 Å². The Morgan fingerprint density at radius 1 is 1.25 bits per heavy atom. The number of carbonyl (C=O) groups is 1. The average Bonchev–Trinajstić information content (AvgIpc) is 3.53. The van der Waals surface area contributed by atoms with E-state index in [0.29, 0.717) is 28.8 Å². The predicted molar refractivity (Wildman–Crippen MR) is 124 cm³/mol. The van der Waals surface area contributed by atoms with Crippen LogP contribution >= 0.6 is 22.9 Å². The van der Waals surface area contributed by atoms with Crippen molar-refractivity contribution in [2.24, 2.45) is 0 Å². The monoisotopic (exact) mass is 464 g/mol. The van der Waals surface area contributed by atoms with Gasteiger partial charge >= 0.3 is 0 Å². The second-order valence-electron chi connectivity index (χ2n) is 7.78. The zero-order chi connectivity index (χ0) is 22.1. The Labute approximate surface area is 194 Å². The summed E-state index contributed by atoms with van der Waals surface area (Å²) in [6.07, 6.45) is 5.82. The third kappa shape index (κ3) is 4.18. The lowest BCUT2D eigenvalue weighted by Gasteiger charge is -2.21. The van der Waals surface area contributed by atoms with Crippen molar-refractivity contribution in [2.75, 3.05) is 6.54 Å². The zero-order valence-electron chi connectivity index (χ0n) is 17.5. The lowest BCUT2D eigenvalue weighted by atomic mass is 10.1. The third-order valence-corrected chi connectivity index (χ3v) is 6.92. The van der Waals surface area contributed by atoms with E-state index in [1.807, 2.05) is 54.3 Å². The minimum atomic E-state index is -0.171. The highest BCUT2D eigenvalue weighted by Crippen LogP contribution is 2.36. The number of halogens is 1. The molecule has 1 fully saturated rings. The number of benzene rings is 1. The van der Waals surface area contributed by atoms with Crippen LogP contribution in [0.2, 0.25) is 5.02 Å². The number of aromatic nitrogens is 3. The maximum absolute atomic E-state index is 13.4. The molecule has 0 radical (unpaired) electrons. The summed E-state index contributed by atoms with van der Waals surface area (Å²) in [5.41, 5.74) is 2.55. The fourth-order valence-corrected chi connectivity index (χ4v) is 5.21. The Hall–Kier alpha value is -3.03. The molecule has 32 heavy (non-hydrogen) atoms. The van der Waals surface area contributed by atoms with Crippen LogP contribution in [0, 0.1) is 6.92 Å². The van der Waals surface area contributed by atoms with Crippen LogP contribution in [0.25, 0.3) is 10.7 Å². The first kappa shape index (κ1) is 20.8. The molecule has 1 aliphatic heterocycles. The summed E-state index contributed by atoms with van der Waals surface area (Å²) < 4.78 is 6.06. The minimum Gasteiger partial charge on any atom is -0.443 e. The van der Waals surface area contributed by atoms with Crippen molar-refractivity contribution in [3.05, 3.63) is 87.7 Å². The number of hydrogen-bond donors (Lipinski definition) is 0. The molecule has 4 heterocycles. The highest BCUT2D eigenvalue weighted by molar-refractivity contribution is 7.17. The van der Waals surface area contributed by atoms with Gasteiger partial charge < -0.3 is 9.32 Å². The number of pyridine rings is 1. The number of amides is 1. The van der Waals surface area contributed by atoms with Gasteiger partial charge in [-0.05, 0) is 49.6 Å². The molecular formula is C24H21ClN4O2S. The summed E-state index contributed by atoms with van der Waals surface area (Å²) in [7, 11) is 0. The van der Waals surface area contributed by atoms with Crippen LogP contribution in [0.3, 0.4) is 0 Å². The molecular weight excluding hydrogens is 444 g/mol. The Morgan fingerprint density at radius 2 is 2.16 bits per heavy atom. The van der Waals surface area contributed by atoms with Crippen LogP contribution in [0.5, 0.6) is 0 Å². The summed E-state index contributed by atoms with van der Waals surface area (Å²) >= 11 is 7.47. The first-order valence-electron chi connectivity index (χ1n) is 10.5. The number of rotatable bonds is 5. The first-order chi connectivity index (χ1) is 15.6. The minimum absolute atomic E-state index is 0.0285. The van der Waals surface area contributed by atoms with E-state index in [0.717, 1.165) is 40.6 Å². The van der Waals surface area contributed by atoms with Crippen LogP contribution in [0.15, 0.2) is 59.3 Å². The predicted octanol–water partition coefficient (Wildman–Crippen LogP) is 5.72. The van der Waals surface area contributed by atoms with E-state index < -0.39 is 0 Å². The molecule has 1 aliphatic rings. The highest BCUT2D eigenvalue weighted by Gasteiger charge is 2.35. The van der Waals surface area contributed by atoms with Crippen molar-refractivity contribution in [1.82, 2.24) is 19.9 Å². The van der Waals surface area contributed by atoms with Gasteiger partial charge in [-0.25, -0.2) is 9.97 Å². The van der Waals surface area contributed by atoms with E-state index >= 15 is 0 Å². The highest BCUT2D eigenvalue weighted by atomic mass is 35.5. The van der Waals surface area contributed by atoms with Gasteiger partial charge in [0.1, 0.15) is 21.7 Å². The third-order valence-electron chi connectivity index (χ3n) is 5.51. The number of oxazole rings is 1. The molecule has 5 rings (SSSR count). The maximum atomic E-state index is 13.4. The quantitative estimate of drug-likeness (QED) is 0.377. The molecule has 0 N–H and O–H groups in total. The molecule has 0 spiro atoms. The number of aryl methyl sites for hydroxylation is 1. The van der Waals surface area contributed by atoms with Gasteiger partial charge in [-0.3, -0.25) is 9.78 Å². The molecule has 162 valence electrons. The van der Waals surface area contributed by atoms with Gasteiger partial charge in [-0.1, -0.05) is 29.8 Å². The van der Waals surface area contributed by atoms with Gasteiger partial charge in [0.2, 0.25) is 5.89 Å². The van der Waals surface area contributed by atoms with Gasteiger partial charge in [0.15, 0.2) is 0 Å². The SMILES string of the molecule is Cc1nc(-c2ccccn2)sc1C(=O)N1CCC[C@@H]1c1ncc(Cc2cccc(Cl)c2)o1. The molecule has 1 amide bonds. The lowest BCUT2D eigenvalue weighted by Crippen LogP contribution is -2.30. The van der Waals surface area contributed by atoms with E-state index in [2.05, 4.69) is 15.0 Å². The molecule has 0 aliphatic carbocycles. The number of carbonyl (C=O) groups excluding carboxylic acids is 1. The second-order valence-corrected chi connectivity index (χ2v) is 9.21. The van der Waals surface area contributed by atoms with E-state index in [-0.39, 0.29) is 11.9 Å². The van der Waals surface area contributed by atoms with Crippen molar-refractivity contribution in [3.8, 4) is 10.7 Å². The fraction of sp³-hybridized carbons (Fsp3) is 0.250. The maximum Gasteiger partial charge on any atom is 0.266 e. The molecule has 4 aromatic rings. The molecule has 1 aromatic carbocycles. The summed E-state index contributed by atoms with van der Waals surface area (Å²) in [4.78, 5) is 29.4. The largest absolute Gasteiger partial charge is 0.443 e. The summed E-state index contributed by atoms with van der Waals surface area (Å²) in [6.45, 7) is 2.54. The number of likely N-dealkylation sites (tertiary alicyclic amines) is 1. The van der Waals surface area contributed by atoms with Crippen LogP contribution in [0.4, 0.5) is 0 Å². The van der Waals surface area contributed by atoms with Crippen molar-refractivity contribution >= 4 is 28.8 Å². The molecule has 0 unspecified atom stereocenters. The van der Waals surface area contributed by atoms with Crippen molar-refractivity contribution in [2.45, 2.75) is 32.2 Å². The summed E-state index contributed by atoms with van der Waals surface area (Å²) in [5, 5.41) is 1.45. The van der Waals surface area contributed by atoms with Gasteiger partial charge in [0, 0.05) is 24.2 Å². The smallest absolute Gasteiger partial charge is 0.266 e. The first-order valence-corrected chi connectivity index (χ1v) is 11.7. The van der Waals surface area contributed by atoms with E-state index in [9.17, 15) is 4.79 Å². The molecule has 0 saturated carbocycles. The molecule has 0 bridgehead atoms. The standard InChI is InChI=1S/C24H21ClN4O2S/c1-15-21(32-23(28-15)19-8-2-3-10-26-19)24(30)29-11-5-9-20(29)22-27-14-18(31-22)13-16-6-4-7-17(25)12-16/h2-4,6-8,10,12,14,20H,5,9,11,13H2,1H3/t20-/m1/s1. The van der Waals surface area contributed by atoms with Gasteiger partial charge in [-0.15, -0.1) is 11.3 Å². The van der Waals surface area contributed by atoms with E-state index in [1.54, 1.807) is 12.4 Å². The summed E-state index contributed by atoms with van der Waals surface area (Å²) in [6, 6.07) is 13.2. The van der Waals surface area contributed by atoms with Gasteiger partial charge in [0.25, 0.3) is 5.91 Å². The molecule has 1 atom stereocenters. The average molecular weight is 465 g/mol. The fourth-order valence-electron chi connectivity index (χ4n) is 4.00. The topological polar surface area (TPSA) is 72.1 Å². The molecule has 3 aromatic heterocycles. The van der Waals surface area contributed by atoms with Crippen LogP contribution < -0.4 is 0 Å².